The molecule has 0 bridgehead atoms. The van der Waals surface area contributed by atoms with Crippen LogP contribution in [0, 0.1) is 47.3 Å². The Kier molecular flexibility index (Phi) is 21.3. The average Bonchev–Trinajstić information content (AvgIpc) is 4.01. The highest BCUT2D eigenvalue weighted by Gasteiger charge is 2.51. The van der Waals surface area contributed by atoms with Gasteiger partial charge in [0.1, 0.15) is 0 Å². The Morgan fingerprint density at radius 2 is 0.828 bits per heavy atom. The summed E-state index contributed by atoms with van der Waals surface area (Å²) in [6.45, 7) is 31.4. The fourth-order valence-electron chi connectivity index (χ4n) is 15.2. The van der Waals surface area contributed by atoms with Crippen molar-refractivity contribution >= 4 is 0 Å². The van der Waals surface area contributed by atoms with Crippen molar-refractivity contribution in [1.29, 1.82) is 0 Å². The van der Waals surface area contributed by atoms with Gasteiger partial charge in [-0.3, -0.25) is 0 Å². The third kappa shape index (κ3) is 12.7. The second-order valence-electron chi connectivity index (χ2n) is 22.9. The van der Waals surface area contributed by atoms with E-state index in [1.165, 1.54) is 154 Å². The van der Waals surface area contributed by atoms with Crippen LogP contribution in [-0.4, -0.2) is 48.8 Å². The number of ether oxygens (including phenoxy) is 4. The van der Waals surface area contributed by atoms with E-state index in [1.807, 2.05) is 0 Å². The van der Waals surface area contributed by atoms with Gasteiger partial charge in [0.05, 0.1) is 48.8 Å². The van der Waals surface area contributed by atoms with Crippen molar-refractivity contribution < 1.29 is 18.9 Å². The van der Waals surface area contributed by atoms with Gasteiger partial charge in [-0.05, 0) is 166 Å². The smallest absolute Gasteiger partial charge is 0.0748 e. The molecule has 4 aliphatic carbocycles. The van der Waals surface area contributed by atoms with Gasteiger partial charge in [0.15, 0.2) is 0 Å². The molecule has 4 fully saturated rings. The first-order chi connectivity index (χ1) is 30.9. The Morgan fingerprint density at radius 1 is 0.406 bits per heavy atom. The molecule has 64 heavy (non-hydrogen) atoms. The molecule has 0 saturated carbocycles. The van der Waals surface area contributed by atoms with E-state index >= 15 is 0 Å². The van der Waals surface area contributed by atoms with Gasteiger partial charge in [-0.2, -0.15) is 0 Å². The first-order valence-electron chi connectivity index (χ1n) is 28.1. The van der Waals surface area contributed by atoms with Crippen LogP contribution in [0.1, 0.15) is 237 Å². The molecule has 4 heterocycles. The van der Waals surface area contributed by atoms with Crippen molar-refractivity contribution in [3.05, 3.63) is 46.6 Å². The quantitative estimate of drug-likeness (QED) is 0.145. The molecule has 0 N–H and O–H groups in total. The second-order valence-corrected chi connectivity index (χ2v) is 22.9. The molecule has 0 amide bonds. The van der Waals surface area contributed by atoms with Gasteiger partial charge < -0.3 is 18.9 Å². The summed E-state index contributed by atoms with van der Waals surface area (Å²) in [5, 5.41) is 0. The molecule has 0 radical (unpaired) electrons. The first kappa shape index (κ1) is 53.8. The largest absolute Gasteiger partial charge is 0.374 e. The highest BCUT2D eigenvalue weighted by Crippen LogP contribution is 2.52. The Balaban J connectivity index is 0.000000161. The Bertz CT molecular complexity index is 1480. The van der Waals surface area contributed by atoms with Crippen LogP contribution in [0.2, 0.25) is 0 Å². The van der Waals surface area contributed by atoms with Crippen LogP contribution >= 0.6 is 0 Å². The summed E-state index contributed by atoms with van der Waals surface area (Å²) in [6.07, 6.45) is 40.3. The van der Waals surface area contributed by atoms with Gasteiger partial charge in [0.2, 0.25) is 0 Å². The van der Waals surface area contributed by atoms with Crippen molar-refractivity contribution in [2.45, 2.75) is 260 Å². The monoisotopic (exact) mass is 889 g/mol. The molecule has 4 nitrogen and oxygen atoms in total. The van der Waals surface area contributed by atoms with E-state index in [9.17, 15) is 0 Å². The van der Waals surface area contributed by atoms with E-state index in [0.717, 1.165) is 61.9 Å². The molecule has 8 rings (SSSR count). The fraction of sp³-hybridized carbons (Fsp3) is 0.867. The minimum Gasteiger partial charge on any atom is -0.374 e. The maximum atomic E-state index is 6.28. The molecule has 0 aromatic heterocycles. The van der Waals surface area contributed by atoms with E-state index in [2.05, 4.69) is 107 Å². The zero-order chi connectivity index (χ0) is 46.4. The number of rotatable bonds is 16. The maximum Gasteiger partial charge on any atom is 0.0748 e. The lowest BCUT2D eigenvalue weighted by Gasteiger charge is -2.37. The predicted octanol–water partition coefficient (Wildman–Crippen LogP) is 17.3. The number of hydrogen-bond acceptors (Lipinski definition) is 4. The van der Waals surface area contributed by atoms with E-state index in [4.69, 9.17) is 18.9 Å². The Morgan fingerprint density at radius 3 is 1.41 bits per heavy atom. The van der Waals surface area contributed by atoms with Crippen LogP contribution in [0.4, 0.5) is 0 Å². The molecule has 0 spiro atoms. The molecule has 4 saturated heterocycles. The summed E-state index contributed by atoms with van der Waals surface area (Å²) < 4.78 is 25.1. The third-order valence-corrected chi connectivity index (χ3v) is 17.8. The van der Waals surface area contributed by atoms with E-state index < -0.39 is 0 Å². The van der Waals surface area contributed by atoms with Crippen molar-refractivity contribution in [3.8, 4) is 0 Å². The molecular formula is C60H104O4. The van der Waals surface area contributed by atoms with Crippen LogP contribution in [0.3, 0.4) is 0 Å². The number of hydrogen-bond donors (Lipinski definition) is 0. The van der Waals surface area contributed by atoms with Crippen LogP contribution in [0.25, 0.3) is 0 Å². The molecule has 4 aliphatic heterocycles. The van der Waals surface area contributed by atoms with E-state index in [1.54, 1.807) is 22.3 Å². The number of fused-ring (bicyclic) bond motifs is 4. The fourth-order valence-corrected chi connectivity index (χ4v) is 15.2. The zero-order valence-corrected chi connectivity index (χ0v) is 44.4. The maximum absolute atomic E-state index is 6.28. The van der Waals surface area contributed by atoms with Crippen molar-refractivity contribution in [2.75, 3.05) is 26.4 Å². The van der Waals surface area contributed by atoms with E-state index in [0.29, 0.717) is 11.8 Å². The molecule has 0 aromatic carbocycles. The van der Waals surface area contributed by atoms with Crippen molar-refractivity contribution in [2.24, 2.45) is 47.3 Å². The number of allylic oxidation sites excluding steroid dienone is 6. The Labute approximate surface area is 397 Å². The predicted molar refractivity (Wildman–Crippen MR) is 274 cm³/mol. The van der Waals surface area contributed by atoms with Gasteiger partial charge >= 0.3 is 0 Å². The summed E-state index contributed by atoms with van der Waals surface area (Å²) >= 11 is 0. The normalized spacial score (nSPS) is 32.3. The van der Waals surface area contributed by atoms with Gasteiger partial charge in [-0.15, -0.1) is 0 Å². The molecule has 8 unspecified atom stereocenters. The van der Waals surface area contributed by atoms with Crippen LogP contribution in [0.5, 0.6) is 0 Å². The summed E-state index contributed by atoms with van der Waals surface area (Å²) in [5.41, 5.74) is 7.20. The standard InChI is InChI=1S/4C15H26O/c2*1-4-8-15(9-5-2)14-7-6-12(3)10-13(14)11-16-15;2*1-4-8-15(9-5-2)14-10-12(3)6-7-13(14)11-16-15/h10,13-14H,4-9,11H2,1-3H3;6,13-14H,4-5,7-11H2,1-3H3;10,13-14H,4-9,11H2,1-3H3;6,13-14H,4-5,7-11H2,1-3H3. The lowest BCUT2D eigenvalue weighted by atomic mass is 9.70. The first-order valence-corrected chi connectivity index (χ1v) is 28.1. The molecule has 8 aliphatic rings. The van der Waals surface area contributed by atoms with Gasteiger partial charge in [-0.1, -0.05) is 153 Å². The van der Waals surface area contributed by atoms with Crippen molar-refractivity contribution in [3.63, 3.8) is 0 Å². The average molecular weight is 889 g/mol. The van der Waals surface area contributed by atoms with Gasteiger partial charge in [-0.25, -0.2) is 0 Å². The summed E-state index contributed by atoms with van der Waals surface area (Å²) in [6, 6.07) is 0. The van der Waals surface area contributed by atoms with Crippen LogP contribution < -0.4 is 0 Å². The molecular weight excluding hydrogens is 785 g/mol. The highest BCUT2D eigenvalue weighted by molar-refractivity contribution is 5.17. The van der Waals surface area contributed by atoms with Crippen LogP contribution in [-0.2, 0) is 18.9 Å². The lowest BCUT2D eigenvalue weighted by Crippen LogP contribution is -2.38. The van der Waals surface area contributed by atoms with E-state index in [-0.39, 0.29) is 22.4 Å². The summed E-state index contributed by atoms with van der Waals surface area (Å²) in [4.78, 5) is 0. The SMILES string of the molecule is CCCC1(CCC)OCC2C=C(C)CCC21.CCCC1(CCC)OCC2CC(C)=CCC21.CCCC1(CCC)OCC2CC=C(C)CC21.CCCC1(CCC)OCC2CCC(C)=CC21. The summed E-state index contributed by atoms with van der Waals surface area (Å²) in [5.74, 6) is 6.25. The van der Waals surface area contributed by atoms with Gasteiger partial charge in [0.25, 0.3) is 0 Å². The van der Waals surface area contributed by atoms with Crippen LogP contribution in [0.15, 0.2) is 46.6 Å². The molecule has 368 valence electrons. The van der Waals surface area contributed by atoms with Gasteiger partial charge in [0, 0.05) is 11.8 Å². The minimum atomic E-state index is 0.190. The second kappa shape index (κ2) is 25.4. The minimum absolute atomic E-state index is 0.190. The zero-order valence-electron chi connectivity index (χ0n) is 44.4. The third-order valence-electron chi connectivity index (χ3n) is 17.8. The summed E-state index contributed by atoms with van der Waals surface area (Å²) in [7, 11) is 0. The topological polar surface area (TPSA) is 36.9 Å². The highest BCUT2D eigenvalue weighted by atomic mass is 16.5. The van der Waals surface area contributed by atoms with Crippen molar-refractivity contribution in [1.82, 2.24) is 0 Å². The molecule has 8 atom stereocenters. The molecule has 4 heteroatoms. The lowest BCUT2D eigenvalue weighted by molar-refractivity contribution is -0.0384. The molecule has 0 aromatic rings. The Hall–Kier alpha value is -1.20.